The maximum Gasteiger partial charge on any atom is 0.517 e. The molecule has 0 heterocycles. The van der Waals surface area contributed by atoms with Crippen molar-refractivity contribution in [1.29, 1.82) is 0 Å². The summed E-state index contributed by atoms with van der Waals surface area (Å²) in [5.41, 5.74) is 0.159. The van der Waals surface area contributed by atoms with E-state index in [1.807, 2.05) is 0 Å². The minimum Gasteiger partial charge on any atom is -0.333 e. The van der Waals surface area contributed by atoms with Crippen molar-refractivity contribution in [3.63, 3.8) is 0 Å². The highest BCUT2D eigenvalue weighted by molar-refractivity contribution is 5.68. The lowest BCUT2D eigenvalue weighted by molar-refractivity contribution is -0.198. The summed E-state index contributed by atoms with van der Waals surface area (Å²) in [7, 11) is 0. The Morgan fingerprint density at radius 1 is 1.31 bits per heavy atom. The number of aryl methyl sites for hydroxylation is 1. The summed E-state index contributed by atoms with van der Waals surface area (Å²) < 4.78 is 37.8. The van der Waals surface area contributed by atoms with E-state index >= 15 is 0 Å². The Kier molecular flexibility index (Phi) is 3.41. The van der Waals surface area contributed by atoms with E-state index in [1.165, 1.54) is 25.1 Å². The fourth-order valence-electron chi connectivity index (χ4n) is 1.16. The number of rotatable bonds is 2. The van der Waals surface area contributed by atoms with Gasteiger partial charge in [0.05, 0.1) is 5.69 Å². The molecule has 0 amide bonds. The number of halogens is 3. The van der Waals surface area contributed by atoms with Crippen LogP contribution < -0.4 is 5.06 Å². The van der Waals surface area contributed by atoms with Crippen LogP contribution >= 0.6 is 0 Å². The quantitative estimate of drug-likeness (QED) is 0.581. The van der Waals surface area contributed by atoms with E-state index < -0.39 is 12.3 Å². The van der Waals surface area contributed by atoms with Crippen molar-refractivity contribution in [2.75, 3.05) is 5.06 Å². The number of hydroxylamine groups is 1. The van der Waals surface area contributed by atoms with Gasteiger partial charge in [-0.2, -0.15) is 0 Å². The predicted octanol–water partition coefficient (Wildman–Crippen LogP) is 2.80. The number of carbonyl (C=O) groups excluding carboxylic acids is 1. The van der Waals surface area contributed by atoms with Gasteiger partial charge in [0.15, 0.2) is 0 Å². The Morgan fingerprint density at radius 3 is 2.31 bits per heavy atom. The largest absolute Gasteiger partial charge is 0.517 e. The molecule has 6 heteroatoms. The number of alkyl halides is 3. The highest BCUT2D eigenvalue weighted by Crippen LogP contribution is 2.30. The Hall–Kier alpha value is -1.72. The third-order valence-corrected chi connectivity index (χ3v) is 1.78. The first-order valence-corrected chi connectivity index (χ1v) is 4.43. The maximum absolute atomic E-state index is 12.6. The van der Waals surface area contributed by atoms with Gasteiger partial charge < -0.3 is 4.84 Å². The van der Waals surface area contributed by atoms with Crippen LogP contribution in [0.4, 0.5) is 18.9 Å². The smallest absolute Gasteiger partial charge is 0.333 e. The summed E-state index contributed by atoms with van der Waals surface area (Å²) in [6, 6.07) is 5.76. The third-order valence-electron chi connectivity index (χ3n) is 1.78. The van der Waals surface area contributed by atoms with Crippen molar-refractivity contribution in [2.45, 2.75) is 20.1 Å². The summed E-state index contributed by atoms with van der Waals surface area (Å²) in [6.45, 7) is 2.41. The fraction of sp³-hybridized carbons (Fsp3) is 0.300. The molecule has 3 nitrogen and oxygen atoms in total. The van der Waals surface area contributed by atoms with E-state index in [4.69, 9.17) is 0 Å². The molecule has 0 bridgehead atoms. The summed E-state index contributed by atoms with van der Waals surface area (Å²) in [6.07, 6.45) is -4.77. The first-order valence-electron chi connectivity index (χ1n) is 4.43. The van der Waals surface area contributed by atoms with Gasteiger partial charge in [-0.15, -0.1) is 18.2 Å². The molecular weight excluding hydrogens is 223 g/mol. The van der Waals surface area contributed by atoms with Crippen LogP contribution in [0.3, 0.4) is 0 Å². The van der Waals surface area contributed by atoms with E-state index in [0.717, 1.165) is 6.92 Å². The Balaban J connectivity index is 3.12. The Labute approximate surface area is 90.4 Å². The average Bonchev–Trinajstić information content (AvgIpc) is 2.13. The molecule has 0 aliphatic carbocycles. The Morgan fingerprint density at radius 2 is 1.88 bits per heavy atom. The first-order chi connectivity index (χ1) is 7.32. The molecule has 0 unspecified atom stereocenters. The fourth-order valence-corrected chi connectivity index (χ4v) is 1.16. The number of nitrogens with zero attached hydrogens (tertiary/aromatic N) is 1. The zero-order valence-corrected chi connectivity index (χ0v) is 8.71. The number of benzene rings is 1. The SMILES string of the molecule is CC(=O)ON(c1ccccc1C)C(F)(F)F. The third kappa shape index (κ3) is 2.88. The normalized spacial score (nSPS) is 11.1. The van der Waals surface area contributed by atoms with Gasteiger partial charge in [-0.1, -0.05) is 18.2 Å². The molecule has 1 aromatic rings. The lowest BCUT2D eigenvalue weighted by atomic mass is 10.2. The van der Waals surface area contributed by atoms with Crippen LogP contribution in [0.1, 0.15) is 12.5 Å². The number of hydrogen-bond donors (Lipinski definition) is 0. The monoisotopic (exact) mass is 233 g/mol. The highest BCUT2D eigenvalue weighted by Gasteiger charge is 2.41. The second kappa shape index (κ2) is 4.42. The zero-order valence-electron chi connectivity index (χ0n) is 8.71. The van der Waals surface area contributed by atoms with E-state index in [9.17, 15) is 18.0 Å². The lowest BCUT2D eigenvalue weighted by Crippen LogP contribution is -2.39. The van der Waals surface area contributed by atoms with Crippen molar-refractivity contribution >= 4 is 11.7 Å². The van der Waals surface area contributed by atoms with Gasteiger partial charge in [0, 0.05) is 6.92 Å². The van der Waals surface area contributed by atoms with Crippen LogP contribution in [-0.2, 0) is 9.63 Å². The molecule has 16 heavy (non-hydrogen) atoms. The van der Waals surface area contributed by atoms with Crippen LogP contribution in [0, 0.1) is 6.92 Å². The number of anilines is 1. The molecule has 0 radical (unpaired) electrons. The van der Waals surface area contributed by atoms with Crippen LogP contribution in [0.2, 0.25) is 0 Å². The summed E-state index contributed by atoms with van der Waals surface area (Å²) >= 11 is 0. The number of para-hydroxylation sites is 1. The van der Waals surface area contributed by atoms with Crippen molar-refractivity contribution in [3.8, 4) is 0 Å². The van der Waals surface area contributed by atoms with Crippen molar-refractivity contribution < 1.29 is 22.8 Å². The molecule has 88 valence electrons. The summed E-state index contributed by atoms with van der Waals surface area (Å²) in [5, 5.41) is -0.343. The highest BCUT2D eigenvalue weighted by atomic mass is 19.4. The predicted molar refractivity (Wildman–Crippen MR) is 51.5 cm³/mol. The first kappa shape index (κ1) is 12.4. The van der Waals surface area contributed by atoms with Gasteiger partial charge in [0.1, 0.15) is 0 Å². The van der Waals surface area contributed by atoms with Gasteiger partial charge in [-0.05, 0) is 18.6 Å². The van der Waals surface area contributed by atoms with E-state index in [0.29, 0.717) is 5.56 Å². The van der Waals surface area contributed by atoms with E-state index in [1.54, 1.807) is 6.07 Å². The van der Waals surface area contributed by atoms with E-state index in [2.05, 4.69) is 4.84 Å². The summed E-state index contributed by atoms with van der Waals surface area (Å²) in [4.78, 5) is 14.8. The molecule has 0 fully saturated rings. The van der Waals surface area contributed by atoms with Gasteiger partial charge in [0.25, 0.3) is 0 Å². The van der Waals surface area contributed by atoms with Gasteiger partial charge in [0.2, 0.25) is 0 Å². The van der Waals surface area contributed by atoms with Crippen LogP contribution in [0.5, 0.6) is 0 Å². The molecule has 0 aliphatic rings. The molecule has 0 spiro atoms. The molecule has 0 aromatic heterocycles. The zero-order chi connectivity index (χ0) is 12.3. The van der Waals surface area contributed by atoms with Gasteiger partial charge in [-0.25, -0.2) is 0 Å². The van der Waals surface area contributed by atoms with Gasteiger partial charge in [-0.3, -0.25) is 4.79 Å². The van der Waals surface area contributed by atoms with Crippen LogP contribution in [0.25, 0.3) is 0 Å². The van der Waals surface area contributed by atoms with Crippen LogP contribution in [-0.4, -0.2) is 12.3 Å². The van der Waals surface area contributed by atoms with Crippen molar-refractivity contribution in [1.82, 2.24) is 0 Å². The molecule has 1 rings (SSSR count). The standard InChI is InChI=1S/C10H10F3NO2/c1-7-5-3-4-6-9(7)14(10(11,12)13)16-8(2)15/h3-6H,1-2H3. The molecule has 0 atom stereocenters. The summed E-state index contributed by atoms with van der Waals surface area (Å²) in [5.74, 6) is -1.03. The average molecular weight is 233 g/mol. The number of carbonyl (C=O) groups is 1. The minimum absolute atomic E-state index is 0.204. The Bertz CT molecular complexity index is 390. The second-order valence-electron chi connectivity index (χ2n) is 3.13. The van der Waals surface area contributed by atoms with Crippen LogP contribution in [0.15, 0.2) is 24.3 Å². The van der Waals surface area contributed by atoms with Crippen molar-refractivity contribution in [3.05, 3.63) is 29.8 Å². The topological polar surface area (TPSA) is 29.5 Å². The number of hydrogen-bond acceptors (Lipinski definition) is 3. The lowest BCUT2D eigenvalue weighted by Gasteiger charge is -2.25. The molecule has 0 aliphatic heterocycles. The molecule has 0 saturated carbocycles. The molecular formula is C10H10F3NO2. The van der Waals surface area contributed by atoms with Gasteiger partial charge >= 0.3 is 12.3 Å². The van der Waals surface area contributed by atoms with Crippen molar-refractivity contribution in [2.24, 2.45) is 0 Å². The second-order valence-corrected chi connectivity index (χ2v) is 3.13. The van der Waals surface area contributed by atoms with E-state index in [-0.39, 0.29) is 10.8 Å². The molecule has 1 aromatic carbocycles. The molecule has 0 N–H and O–H groups in total. The maximum atomic E-state index is 12.6. The minimum atomic E-state index is -4.77. The molecule has 0 saturated heterocycles.